The molecule has 5 heteroatoms. The average molecular weight is 429 g/mol. The van der Waals surface area contributed by atoms with E-state index in [-0.39, 0.29) is 34.0 Å². The van der Waals surface area contributed by atoms with Crippen LogP contribution in [0.1, 0.15) is 12.1 Å². The first-order chi connectivity index (χ1) is 9.54. The molecule has 0 amide bonds. The van der Waals surface area contributed by atoms with Gasteiger partial charge in [-0.3, -0.25) is 0 Å². The van der Waals surface area contributed by atoms with E-state index < -0.39 is 0 Å². The van der Waals surface area contributed by atoms with E-state index in [9.17, 15) is 0 Å². The number of benzene rings is 1. The fraction of sp³-hybridized carbons (Fsp3) is 0.353. The Hall–Kier alpha value is -0.910. The van der Waals surface area contributed by atoms with Crippen LogP contribution in [0.2, 0.25) is 0 Å². The smallest absolute Gasteiger partial charge is 0.204 e. The third-order valence-corrected chi connectivity index (χ3v) is 3.81. The molecule has 0 saturated heterocycles. The molecule has 0 radical (unpaired) electrons. The summed E-state index contributed by atoms with van der Waals surface area (Å²) in [7, 11) is 6.73. The lowest BCUT2D eigenvalue weighted by Gasteiger charge is -2.23. The number of aryl methyl sites for hydroxylation is 1. The van der Waals surface area contributed by atoms with Gasteiger partial charge in [-0.15, -0.1) is 0 Å². The van der Waals surface area contributed by atoms with Gasteiger partial charge in [-0.05, 0) is 6.07 Å². The third kappa shape index (κ3) is 4.09. The molecule has 2 heterocycles. The summed E-state index contributed by atoms with van der Waals surface area (Å²) in [6.45, 7) is 1.18. The lowest BCUT2D eigenvalue weighted by atomic mass is 10.1. The number of para-hydroxylation sites is 1. The average Bonchev–Trinajstić information content (AvgIpc) is 2.77. The minimum Gasteiger partial charge on any atom is -1.00 e. The van der Waals surface area contributed by atoms with Gasteiger partial charge in [-0.25, -0.2) is 4.98 Å². The van der Waals surface area contributed by atoms with Gasteiger partial charge in [0.05, 0.1) is 27.7 Å². The normalized spacial score (nSPS) is 11.2. The molecule has 2 aromatic heterocycles. The molecule has 2 N–H and O–H groups in total. The van der Waals surface area contributed by atoms with E-state index in [4.69, 9.17) is 0 Å². The number of fused-ring (bicyclic) bond motifs is 3. The Morgan fingerprint density at radius 2 is 1.73 bits per heavy atom. The number of pyridine rings is 1. The van der Waals surface area contributed by atoms with E-state index in [1.54, 1.807) is 0 Å². The number of H-pyrrole nitrogens is 2. The van der Waals surface area contributed by atoms with Crippen LogP contribution < -0.4 is 38.9 Å². The first kappa shape index (κ1) is 19.1. The van der Waals surface area contributed by atoms with E-state index in [0.717, 1.165) is 10.9 Å². The molecular formula is C17H23Br2N3. The molecule has 3 rings (SSSR count). The van der Waals surface area contributed by atoms with Crippen molar-refractivity contribution >= 4 is 21.8 Å². The predicted molar refractivity (Wildman–Crippen MR) is 83.6 cm³/mol. The molecule has 3 nitrogen and oxygen atoms in total. The van der Waals surface area contributed by atoms with Crippen LogP contribution in [0.15, 0.2) is 36.5 Å². The first-order valence-electron chi connectivity index (χ1n) is 7.25. The minimum absolute atomic E-state index is 0. The van der Waals surface area contributed by atoms with Crippen LogP contribution in [0.25, 0.3) is 21.8 Å². The molecule has 1 aromatic carbocycles. The first-order valence-corrected chi connectivity index (χ1v) is 7.25. The van der Waals surface area contributed by atoms with Gasteiger partial charge < -0.3 is 43.4 Å². The highest BCUT2D eigenvalue weighted by molar-refractivity contribution is 6.07. The number of aromatic amines is 2. The fourth-order valence-electron chi connectivity index (χ4n) is 2.80. The van der Waals surface area contributed by atoms with Crippen molar-refractivity contribution in [2.75, 3.05) is 27.7 Å². The Morgan fingerprint density at radius 3 is 2.45 bits per heavy atom. The van der Waals surface area contributed by atoms with Crippen molar-refractivity contribution < 1.29 is 43.4 Å². The van der Waals surface area contributed by atoms with Crippen LogP contribution in [0.3, 0.4) is 0 Å². The van der Waals surface area contributed by atoms with Crippen LogP contribution >= 0.6 is 0 Å². The number of rotatable bonds is 4. The fourth-order valence-corrected chi connectivity index (χ4v) is 2.80. The van der Waals surface area contributed by atoms with Crippen molar-refractivity contribution in [3.63, 3.8) is 0 Å². The molecule has 0 atom stereocenters. The van der Waals surface area contributed by atoms with Gasteiger partial charge >= 0.3 is 0 Å². The number of hydrogen-bond donors (Lipinski definition) is 1. The Labute approximate surface area is 152 Å². The number of halogens is 2. The quantitative estimate of drug-likeness (QED) is 0.424. The highest BCUT2D eigenvalue weighted by atomic mass is 79.9. The van der Waals surface area contributed by atoms with Crippen LogP contribution in [0.5, 0.6) is 0 Å². The second-order valence-corrected chi connectivity index (χ2v) is 6.53. The third-order valence-electron chi connectivity index (χ3n) is 3.81. The molecule has 0 aliphatic rings. The molecule has 22 heavy (non-hydrogen) atoms. The SMILES string of the molecule is C[N+](C)(C)CCCc1[nH+]ccc2c1[nH]c1ccccc12.[Br-].[Br-]. The summed E-state index contributed by atoms with van der Waals surface area (Å²) >= 11 is 0. The molecule has 0 bridgehead atoms. The van der Waals surface area contributed by atoms with E-state index in [0.29, 0.717) is 0 Å². The molecule has 0 aliphatic carbocycles. The summed E-state index contributed by atoms with van der Waals surface area (Å²) in [5, 5.41) is 2.63. The van der Waals surface area contributed by atoms with Crippen molar-refractivity contribution in [3.05, 3.63) is 42.2 Å². The minimum atomic E-state index is 0. The maximum atomic E-state index is 3.56. The summed E-state index contributed by atoms with van der Waals surface area (Å²) in [6.07, 6.45) is 4.33. The number of quaternary nitrogens is 1. The summed E-state index contributed by atoms with van der Waals surface area (Å²) in [6, 6.07) is 10.7. The molecule has 0 spiro atoms. The number of nitrogens with one attached hydrogen (secondary N) is 2. The standard InChI is InChI=1S/C17H22N3.2BrH/c1-20(2,3)12-6-9-16-17-14(10-11-18-16)13-7-4-5-8-15(13)19-17;;/h4-5,7-8,10-11,19H,6,9,12H2,1-3H3;2*1H/q+1;;/p-1. The molecule has 120 valence electrons. The van der Waals surface area contributed by atoms with Gasteiger partial charge in [0.15, 0.2) is 6.20 Å². The Bertz CT molecular complexity index is 744. The topological polar surface area (TPSA) is 29.9 Å². The van der Waals surface area contributed by atoms with Crippen molar-refractivity contribution in [3.8, 4) is 0 Å². The van der Waals surface area contributed by atoms with Crippen molar-refractivity contribution in [1.82, 2.24) is 4.98 Å². The van der Waals surface area contributed by atoms with E-state index in [2.05, 4.69) is 67.6 Å². The van der Waals surface area contributed by atoms with Gasteiger partial charge in [0, 0.05) is 35.2 Å². The molecule has 0 unspecified atom stereocenters. The van der Waals surface area contributed by atoms with Crippen molar-refractivity contribution in [1.29, 1.82) is 0 Å². The summed E-state index contributed by atoms with van der Waals surface area (Å²) in [4.78, 5) is 6.98. The zero-order valence-electron chi connectivity index (χ0n) is 13.3. The Balaban J connectivity index is 0.00000121. The maximum absolute atomic E-state index is 3.56. The number of hydrogen-bond acceptors (Lipinski definition) is 0. The van der Waals surface area contributed by atoms with Gasteiger partial charge in [0.1, 0.15) is 5.52 Å². The summed E-state index contributed by atoms with van der Waals surface area (Å²) in [5.74, 6) is 0. The van der Waals surface area contributed by atoms with E-state index in [1.807, 2.05) is 0 Å². The van der Waals surface area contributed by atoms with Gasteiger partial charge in [-0.1, -0.05) is 18.2 Å². The largest absolute Gasteiger partial charge is 1.00 e. The Kier molecular flexibility index (Phi) is 6.59. The van der Waals surface area contributed by atoms with E-state index >= 15 is 0 Å². The number of nitrogens with zero attached hydrogens (tertiary/aromatic N) is 1. The van der Waals surface area contributed by atoms with Crippen molar-refractivity contribution in [2.45, 2.75) is 12.8 Å². The van der Waals surface area contributed by atoms with Gasteiger partial charge in [-0.2, -0.15) is 0 Å². The second-order valence-electron chi connectivity index (χ2n) is 6.53. The molecule has 0 aliphatic heterocycles. The second kappa shape index (κ2) is 7.57. The van der Waals surface area contributed by atoms with Gasteiger partial charge in [0.2, 0.25) is 5.69 Å². The molecule has 0 saturated carbocycles. The molecular weight excluding hydrogens is 406 g/mol. The van der Waals surface area contributed by atoms with Crippen molar-refractivity contribution in [2.24, 2.45) is 0 Å². The highest BCUT2D eigenvalue weighted by Gasteiger charge is 2.14. The van der Waals surface area contributed by atoms with E-state index in [1.165, 1.54) is 40.5 Å². The molecule has 3 aromatic rings. The van der Waals surface area contributed by atoms with Crippen LogP contribution in [0.4, 0.5) is 0 Å². The molecule has 0 fully saturated rings. The van der Waals surface area contributed by atoms with Crippen LogP contribution in [-0.4, -0.2) is 37.2 Å². The van der Waals surface area contributed by atoms with Gasteiger partial charge in [0.25, 0.3) is 0 Å². The number of aromatic nitrogens is 2. The monoisotopic (exact) mass is 427 g/mol. The lowest BCUT2D eigenvalue weighted by molar-refractivity contribution is -0.870. The lowest BCUT2D eigenvalue weighted by Crippen LogP contribution is -3.00. The maximum Gasteiger partial charge on any atom is 0.204 e. The zero-order valence-corrected chi connectivity index (χ0v) is 16.5. The highest BCUT2D eigenvalue weighted by Crippen LogP contribution is 2.25. The van der Waals surface area contributed by atoms with Crippen LogP contribution in [-0.2, 0) is 6.42 Å². The summed E-state index contributed by atoms with van der Waals surface area (Å²) < 4.78 is 1.02. The predicted octanol–water partition coefficient (Wildman–Crippen LogP) is -3.22. The summed E-state index contributed by atoms with van der Waals surface area (Å²) in [5.41, 5.74) is 3.79. The Morgan fingerprint density at radius 1 is 1.00 bits per heavy atom. The zero-order chi connectivity index (χ0) is 14.2. The van der Waals surface area contributed by atoms with Crippen LogP contribution in [0, 0.1) is 0 Å².